The molecule has 3 nitrogen and oxygen atoms in total. The van der Waals surface area contributed by atoms with Crippen LogP contribution in [0.5, 0.6) is 0 Å². The van der Waals surface area contributed by atoms with Crippen LogP contribution in [0, 0.1) is 5.92 Å². The maximum atomic E-state index is 11.9. The highest BCUT2D eigenvalue weighted by atomic mass is 35.5. The molecule has 0 bridgehead atoms. The monoisotopic (exact) mass is 266 g/mol. The zero-order chi connectivity index (χ0) is 13.0. The van der Waals surface area contributed by atoms with Gasteiger partial charge in [-0.2, -0.15) is 0 Å². The van der Waals surface area contributed by atoms with Crippen LogP contribution >= 0.6 is 11.6 Å². The van der Waals surface area contributed by atoms with Gasteiger partial charge >= 0.3 is 0 Å². The van der Waals surface area contributed by atoms with Crippen molar-refractivity contribution in [1.82, 2.24) is 0 Å². The van der Waals surface area contributed by atoms with E-state index in [0.717, 1.165) is 31.4 Å². The molecule has 2 rings (SSSR count). The molecule has 1 aliphatic carbocycles. The zero-order valence-electron chi connectivity index (χ0n) is 10.4. The van der Waals surface area contributed by atoms with Crippen LogP contribution in [0.4, 0.5) is 5.69 Å². The summed E-state index contributed by atoms with van der Waals surface area (Å²) >= 11 is 5.87. The van der Waals surface area contributed by atoms with Crippen molar-refractivity contribution in [2.24, 2.45) is 11.7 Å². The summed E-state index contributed by atoms with van der Waals surface area (Å²) in [5.41, 5.74) is 6.62. The SMILES string of the molecule is NC1CCC(CC(=O)Nc2cccc(Cl)c2)CC1. The molecule has 1 aliphatic rings. The Morgan fingerprint density at radius 2 is 2.06 bits per heavy atom. The molecule has 0 spiro atoms. The van der Waals surface area contributed by atoms with Crippen LogP contribution < -0.4 is 11.1 Å². The third-order valence-electron chi connectivity index (χ3n) is 3.47. The molecule has 18 heavy (non-hydrogen) atoms. The average molecular weight is 267 g/mol. The molecule has 0 saturated heterocycles. The first-order valence-corrected chi connectivity index (χ1v) is 6.82. The van der Waals surface area contributed by atoms with Gasteiger partial charge in [-0.25, -0.2) is 0 Å². The lowest BCUT2D eigenvalue weighted by molar-refractivity contribution is -0.117. The average Bonchev–Trinajstić information content (AvgIpc) is 2.32. The predicted molar refractivity (Wildman–Crippen MR) is 74.6 cm³/mol. The summed E-state index contributed by atoms with van der Waals surface area (Å²) in [6, 6.07) is 7.56. The second-order valence-corrected chi connectivity index (χ2v) is 5.48. The first-order chi connectivity index (χ1) is 8.63. The molecule has 1 amide bonds. The van der Waals surface area contributed by atoms with Gasteiger partial charge in [-0.15, -0.1) is 0 Å². The molecule has 0 heterocycles. The molecule has 98 valence electrons. The number of nitrogens with one attached hydrogen (secondary N) is 1. The van der Waals surface area contributed by atoms with Gasteiger partial charge in [0.1, 0.15) is 0 Å². The fraction of sp³-hybridized carbons (Fsp3) is 0.500. The Hall–Kier alpha value is -1.06. The molecule has 0 aromatic heterocycles. The van der Waals surface area contributed by atoms with Gasteiger partial charge in [0, 0.05) is 23.2 Å². The second-order valence-electron chi connectivity index (χ2n) is 5.04. The Kier molecular flexibility index (Phi) is 4.61. The minimum atomic E-state index is 0.0674. The molecule has 3 N–H and O–H groups in total. The quantitative estimate of drug-likeness (QED) is 0.883. The lowest BCUT2D eigenvalue weighted by Crippen LogP contribution is -2.28. The molecular formula is C14H19ClN2O. The first-order valence-electron chi connectivity index (χ1n) is 6.44. The molecule has 1 fully saturated rings. The van der Waals surface area contributed by atoms with Gasteiger partial charge in [-0.05, 0) is 49.8 Å². The summed E-state index contributed by atoms with van der Waals surface area (Å²) in [5, 5.41) is 3.52. The van der Waals surface area contributed by atoms with Crippen molar-refractivity contribution in [3.8, 4) is 0 Å². The smallest absolute Gasteiger partial charge is 0.224 e. The van der Waals surface area contributed by atoms with Crippen molar-refractivity contribution in [1.29, 1.82) is 0 Å². The van der Waals surface area contributed by atoms with E-state index in [4.69, 9.17) is 17.3 Å². The Bertz CT molecular complexity index is 414. The maximum Gasteiger partial charge on any atom is 0.224 e. The lowest BCUT2D eigenvalue weighted by atomic mass is 9.84. The van der Waals surface area contributed by atoms with E-state index in [1.54, 1.807) is 12.1 Å². The van der Waals surface area contributed by atoms with Gasteiger partial charge in [0.15, 0.2) is 0 Å². The van der Waals surface area contributed by atoms with Crippen molar-refractivity contribution in [2.45, 2.75) is 38.1 Å². The lowest BCUT2D eigenvalue weighted by Gasteiger charge is -2.25. The third kappa shape index (κ3) is 4.00. The Morgan fingerprint density at radius 1 is 1.33 bits per heavy atom. The zero-order valence-corrected chi connectivity index (χ0v) is 11.1. The predicted octanol–water partition coefficient (Wildman–Crippen LogP) is 3.19. The molecule has 1 aromatic rings. The van der Waals surface area contributed by atoms with Crippen LogP contribution in [0.1, 0.15) is 32.1 Å². The Labute approximate surface area is 113 Å². The van der Waals surface area contributed by atoms with E-state index < -0.39 is 0 Å². The molecule has 0 aliphatic heterocycles. The number of amides is 1. The number of hydrogen-bond acceptors (Lipinski definition) is 2. The van der Waals surface area contributed by atoms with E-state index in [2.05, 4.69) is 5.32 Å². The van der Waals surface area contributed by atoms with E-state index in [-0.39, 0.29) is 5.91 Å². The summed E-state index contributed by atoms with van der Waals surface area (Å²) in [7, 11) is 0. The molecule has 1 saturated carbocycles. The highest BCUT2D eigenvalue weighted by Crippen LogP contribution is 2.26. The van der Waals surface area contributed by atoms with Crippen molar-refractivity contribution in [3.05, 3.63) is 29.3 Å². The van der Waals surface area contributed by atoms with Gasteiger partial charge in [0.2, 0.25) is 5.91 Å². The number of halogens is 1. The van der Waals surface area contributed by atoms with E-state index in [1.165, 1.54) is 0 Å². The van der Waals surface area contributed by atoms with Crippen LogP contribution in [0.25, 0.3) is 0 Å². The molecular weight excluding hydrogens is 248 g/mol. The summed E-state index contributed by atoms with van der Waals surface area (Å²) in [6.45, 7) is 0. The topological polar surface area (TPSA) is 55.1 Å². The highest BCUT2D eigenvalue weighted by molar-refractivity contribution is 6.30. The Morgan fingerprint density at radius 3 is 2.72 bits per heavy atom. The van der Waals surface area contributed by atoms with Crippen molar-refractivity contribution in [2.75, 3.05) is 5.32 Å². The fourth-order valence-electron chi connectivity index (χ4n) is 2.43. The maximum absolute atomic E-state index is 11.9. The summed E-state index contributed by atoms with van der Waals surface area (Å²) in [4.78, 5) is 11.9. The van der Waals surface area contributed by atoms with Crippen LogP contribution in [0.2, 0.25) is 5.02 Å². The van der Waals surface area contributed by atoms with Crippen LogP contribution in [0.15, 0.2) is 24.3 Å². The Balaban J connectivity index is 1.82. The van der Waals surface area contributed by atoms with E-state index in [0.29, 0.717) is 23.4 Å². The highest BCUT2D eigenvalue weighted by Gasteiger charge is 2.20. The van der Waals surface area contributed by atoms with Crippen LogP contribution in [-0.4, -0.2) is 11.9 Å². The number of rotatable bonds is 3. The number of carbonyl (C=O) groups is 1. The van der Waals surface area contributed by atoms with Gasteiger partial charge in [-0.3, -0.25) is 4.79 Å². The summed E-state index contributed by atoms with van der Waals surface area (Å²) in [6.07, 6.45) is 4.78. The molecule has 0 radical (unpaired) electrons. The van der Waals surface area contributed by atoms with E-state index >= 15 is 0 Å². The van der Waals surface area contributed by atoms with Crippen molar-refractivity contribution >= 4 is 23.2 Å². The standard InChI is InChI=1S/C14H19ClN2O/c15-11-2-1-3-13(9-11)17-14(18)8-10-4-6-12(16)7-5-10/h1-3,9-10,12H,4-8,16H2,(H,17,18). The van der Waals surface area contributed by atoms with Crippen LogP contribution in [0.3, 0.4) is 0 Å². The van der Waals surface area contributed by atoms with Crippen LogP contribution in [-0.2, 0) is 4.79 Å². The molecule has 0 unspecified atom stereocenters. The minimum Gasteiger partial charge on any atom is -0.328 e. The molecule has 1 aromatic carbocycles. The molecule has 4 heteroatoms. The largest absolute Gasteiger partial charge is 0.328 e. The first kappa shape index (κ1) is 13.4. The normalized spacial score (nSPS) is 23.7. The van der Waals surface area contributed by atoms with Gasteiger partial charge < -0.3 is 11.1 Å². The van der Waals surface area contributed by atoms with E-state index in [9.17, 15) is 4.79 Å². The fourth-order valence-corrected chi connectivity index (χ4v) is 2.62. The third-order valence-corrected chi connectivity index (χ3v) is 3.71. The van der Waals surface area contributed by atoms with Gasteiger partial charge in [-0.1, -0.05) is 17.7 Å². The second kappa shape index (κ2) is 6.21. The van der Waals surface area contributed by atoms with E-state index in [1.807, 2.05) is 12.1 Å². The van der Waals surface area contributed by atoms with Crippen molar-refractivity contribution in [3.63, 3.8) is 0 Å². The minimum absolute atomic E-state index is 0.0674. The number of benzene rings is 1. The number of anilines is 1. The molecule has 0 atom stereocenters. The number of nitrogens with two attached hydrogens (primary N) is 1. The summed E-state index contributed by atoms with van der Waals surface area (Å²) in [5.74, 6) is 0.543. The number of hydrogen-bond donors (Lipinski definition) is 2. The van der Waals surface area contributed by atoms with Gasteiger partial charge in [0.05, 0.1) is 0 Å². The van der Waals surface area contributed by atoms with Gasteiger partial charge in [0.25, 0.3) is 0 Å². The summed E-state index contributed by atoms with van der Waals surface area (Å²) < 4.78 is 0. The van der Waals surface area contributed by atoms with Crippen molar-refractivity contribution < 1.29 is 4.79 Å². The number of carbonyl (C=O) groups excluding carboxylic acids is 1.